The molecule has 1 fully saturated rings. The van der Waals surface area contributed by atoms with Gasteiger partial charge in [-0.3, -0.25) is 4.40 Å². The Morgan fingerprint density at radius 3 is 3.20 bits per heavy atom. The van der Waals surface area contributed by atoms with Crippen molar-refractivity contribution >= 4 is 17.2 Å². The zero-order valence-corrected chi connectivity index (χ0v) is 8.78. The van der Waals surface area contributed by atoms with E-state index in [0.717, 1.165) is 25.3 Å². The number of fused-ring (bicyclic) bond motifs is 1. The Balaban J connectivity index is 2.15. The number of rotatable bonds is 1. The Morgan fingerprint density at radius 1 is 1.47 bits per heavy atom. The molecule has 0 spiro atoms. The predicted octanol–water partition coefficient (Wildman–Crippen LogP) is 0.855. The van der Waals surface area contributed by atoms with Crippen LogP contribution in [0.1, 0.15) is 18.2 Å². The smallest absolute Gasteiger partial charge is 0.198 e. The van der Waals surface area contributed by atoms with Crippen molar-refractivity contribution in [1.82, 2.24) is 24.9 Å². The van der Waals surface area contributed by atoms with E-state index < -0.39 is 0 Å². The Hall–Kier alpha value is -1.20. The molecule has 1 atom stereocenters. The number of nitrogens with zero attached hydrogens (tertiary/aromatic N) is 4. The largest absolute Gasteiger partial charge is 0.316 e. The molecule has 0 aliphatic carbocycles. The van der Waals surface area contributed by atoms with Crippen LogP contribution in [-0.2, 0) is 0 Å². The van der Waals surface area contributed by atoms with Gasteiger partial charge >= 0.3 is 0 Å². The number of halogens is 1. The summed E-state index contributed by atoms with van der Waals surface area (Å²) in [4.78, 5) is 3.97. The summed E-state index contributed by atoms with van der Waals surface area (Å²) in [6, 6.07) is 0. The van der Waals surface area contributed by atoms with E-state index in [9.17, 15) is 0 Å². The van der Waals surface area contributed by atoms with Crippen LogP contribution in [0.15, 0.2) is 12.4 Å². The number of aromatic nitrogens is 4. The van der Waals surface area contributed by atoms with Crippen LogP contribution in [0.5, 0.6) is 0 Å². The summed E-state index contributed by atoms with van der Waals surface area (Å²) in [5.74, 6) is 1.40. The summed E-state index contributed by atoms with van der Waals surface area (Å²) in [5.41, 5.74) is 0.640. The van der Waals surface area contributed by atoms with Gasteiger partial charge in [0.2, 0.25) is 0 Å². The van der Waals surface area contributed by atoms with E-state index >= 15 is 0 Å². The van der Waals surface area contributed by atoms with Gasteiger partial charge in [0, 0.05) is 24.9 Å². The summed E-state index contributed by atoms with van der Waals surface area (Å²) < 4.78 is 1.92. The third-order valence-corrected chi connectivity index (χ3v) is 3.00. The van der Waals surface area contributed by atoms with Gasteiger partial charge in [0.25, 0.3) is 0 Å². The first kappa shape index (κ1) is 9.06. The maximum Gasteiger partial charge on any atom is 0.198 e. The highest BCUT2D eigenvalue weighted by Crippen LogP contribution is 2.22. The van der Waals surface area contributed by atoms with Crippen LogP contribution in [0.3, 0.4) is 0 Å². The molecule has 3 rings (SSSR count). The summed E-state index contributed by atoms with van der Waals surface area (Å²) in [6.07, 6.45) is 4.63. The molecule has 0 bridgehead atoms. The number of hydrogen-bond donors (Lipinski definition) is 1. The van der Waals surface area contributed by atoms with E-state index in [1.54, 1.807) is 6.20 Å². The molecular weight excluding hydrogens is 214 g/mol. The zero-order valence-electron chi connectivity index (χ0n) is 8.02. The summed E-state index contributed by atoms with van der Waals surface area (Å²) in [7, 11) is 0. The first-order chi connectivity index (χ1) is 7.36. The van der Waals surface area contributed by atoms with Crippen molar-refractivity contribution in [1.29, 1.82) is 0 Å². The van der Waals surface area contributed by atoms with Crippen LogP contribution >= 0.6 is 11.6 Å². The fourth-order valence-corrected chi connectivity index (χ4v) is 2.15. The van der Waals surface area contributed by atoms with E-state index in [0.29, 0.717) is 16.7 Å². The molecule has 15 heavy (non-hydrogen) atoms. The molecule has 1 N–H and O–H groups in total. The van der Waals surface area contributed by atoms with Crippen LogP contribution in [0.25, 0.3) is 5.65 Å². The third-order valence-electron chi connectivity index (χ3n) is 2.74. The normalized spacial score (nSPS) is 21.3. The molecule has 5 nitrogen and oxygen atoms in total. The van der Waals surface area contributed by atoms with Gasteiger partial charge in [0.1, 0.15) is 5.82 Å². The minimum absolute atomic E-state index is 0.405. The first-order valence-electron chi connectivity index (χ1n) is 4.92. The molecule has 1 aliphatic rings. The Labute approximate surface area is 91.5 Å². The van der Waals surface area contributed by atoms with Crippen molar-refractivity contribution in [2.75, 3.05) is 13.1 Å². The molecule has 0 aromatic carbocycles. The molecule has 6 heteroatoms. The minimum atomic E-state index is 0.405. The molecular formula is C9H10ClN5. The van der Waals surface area contributed by atoms with Gasteiger partial charge in [-0.25, -0.2) is 4.98 Å². The molecule has 0 saturated carbocycles. The Kier molecular flexibility index (Phi) is 2.07. The van der Waals surface area contributed by atoms with E-state index in [2.05, 4.69) is 20.5 Å². The third kappa shape index (κ3) is 1.39. The van der Waals surface area contributed by atoms with Crippen LogP contribution < -0.4 is 5.32 Å². The molecule has 0 amide bonds. The molecule has 2 aromatic heterocycles. The van der Waals surface area contributed by atoms with Gasteiger partial charge in [-0.2, -0.15) is 0 Å². The van der Waals surface area contributed by atoms with Crippen molar-refractivity contribution in [2.45, 2.75) is 12.3 Å². The fraction of sp³-hybridized carbons (Fsp3) is 0.444. The zero-order chi connectivity index (χ0) is 10.3. The highest BCUT2D eigenvalue weighted by molar-refractivity contribution is 6.32. The van der Waals surface area contributed by atoms with Gasteiger partial charge in [-0.15, -0.1) is 10.2 Å². The molecule has 1 aliphatic heterocycles. The second-order valence-electron chi connectivity index (χ2n) is 3.66. The molecule has 0 radical (unpaired) electrons. The van der Waals surface area contributed by atoms with Crippen molar-refractivity contribution in [2.24, 2.45) is 0 Å². The molecule has 2 aromatic rings. The van der Waals surface area contributed by atoms with Gasteiger partial charge in [0.15, 0.2) is 10.8 Å². The standard InChI is InChI=1S/C9H10ClN5/c10-7-9-14-13-8(6-1-2-11-5-6)15(9)4-3-12-7/h3-4,6,11H,1-2,5H2. The van der Waals surface area contributed by atoms with E-state index in [-0.39, 0.29) is 0 Å². The first-order valence-corrected chi connectivity index (χ1v) is 5.30. The summed E-state index contributed by atoms with van der Waals surface area (Å²) >= 11 is 5.93. The monoisotopic (exact) mass is 223 g/mol. The molecule has 3 heterocycles. The van der Waals surface area contributed by atoms with E-state index in [4.69, 9.17) is 11.6 Å². The summed E-state index contributed by atoms with van der Waals surface area (Å²) in [6.45, 7) is 2.00. The maximum atomic E-state index is 5.93. The Morgan fingerprint density at radius 2 is 2.40 bits per heavy atom. The second kappa shape index (κ2) is 3.43. The lowest BCUT2D eigenvalue weighted by molar-refractivity contribution is 0.691. The fourth-order valence-electron chi connectivity index (χ4n) is 1.97. The SMILES string of the molecule is Clc1nccn2c(C3CCNC3)nnc12. The topological polar surface area (TPSA) is 55.1 Å². The van der Waals surface area contributed by atoms with Crippen LogP contribution in [0.2, 0.25) is 5.15 Å². The Bertz CT molecular complexity index is 488. The second-order valence-corrected chi connectivity index (χ2v) is 4.02. The molecule has 78 valence electrons. The van der Waals surface area contributed by atoms with Crippen molar-refractivity contribution in [3.63, 3.8) is 0 Å². The van der Waals surface area contributed by atoms with Crippen LogP contribution in [0.4, 0.5) is 0 Å². The average Bonchev–Trinajstić information content (AvgIpc) is 2.85. The van der Waals surface area contributed by atoms with Crippen molar-refractivity contribution in [3.05, 3.63) is 23.4 Å². The van der Waals surface area contributed by atoms with E-state index in [1.165, 1.54) is 0 Å². The number of nitrogens with one attached hydrogen (secondary N) is 1. The lowest BCUT2D eigenvalue weighted by atomic mass is 10.1. The lowest BCUT2D eigenvalue weighted by Crippen LogP contribution is -2.10. The minimum Gasteiger partial charge on any atom is -0.316 e. The van der Waals surface area contributed by atoms with Gasteiger partial charge in [0.05, 0.1) is 0 Å². The highest BCUT2D eigenvalue weighted by Gasteiger charge is 2.22. The maximum absolute atomic E-state index is 5.93. The van der Waals surface area contributed by atoms with Gasteiger partial charge in [-0.1, -0.05) is 11.6 Å². The van der Waals surface area contributed by atoms with Crippen molar-refractivity contribution < 1.29 is 0 Å². The molecule has 1 saturated heterocycles. The predicted molar refractivity (Wildman–Crippen MR) is 56.0 cm³/mol. The summed E-state index contributed by atoms with van der Waals surface area (Å²) in [5, 5.41) is 12.0. The lowest BCUT2D eigenvalue weighted by Gasteiger charge is -2.05. The van der Waals surface area contributed by atoms with Crippen LogP contribution in [-0.4, -0.2) is 32.7 Å². The van der Waals surface area contributed by atoms with E-state index in [1.807, 2.05) is 10.6 Å². The highest BCUT2D eigenvalue weighted by atomic mass is 35.5. The number of hydrogen-bond acceptors (Lipinski definition) is 4. The van der Waals surface area contributed by atoms with Crippen LogP contribution in [0, 0.1) is 0 Å². The van der Waals surface area contributed by atoms with Gasteiger partial charge in [-0.05, 0) is 13.0 Å². The molecule has 1 unspecified atom stereocenters. The quantitative estimate of drug-likeness (QED) is 0.779. The van der Waals surface area contributed by atoms with Gasteiger partial charge < -0.3 is 5.32 Å². The van der Waals surface area contributed by atoms with Crippen molar-refractivity contribution in [3.8, 4) is 0 Å². The average molecular weight is 224 g/mol.